The van der Waals surface area contributed by atoms with Gasteiger partial charge in [0.15, 0.2) is 6.29 Å². The number of carbonyl (C=O) groups is 1. The Bertz CT molecular complexity index is 443. The first kappa shape index (κ1) is 12.8. The van der Waals surface area contributed by atoms with E-state index in [1.807, 2.05) is 6.07 Å². The highest BCUT2D eigenvalue weighted by molar-refractivity contribution is 7.84. The Morgan fingerprint density at radius 1 is 1.31 bits per heavy atom. The van der Waals surface area contributed by atoms with E-state index in [1.165, 1.54) is 0 Å². The predicted molar refractivity (Wildman–Crippen MR) is 58.9 cm³/mol. The summed E-state index contributed by atoms with van der Waals surface area (Å²) in [5.41, 5.74) is 0.809. The second-order valence-corrected chi connectivity index (χ2v) is 4.57. The molecular weight excluding hydrogens is 230 g/mol. The Hall–Kier alpha value is -1.24. The van der Waals surface area contributed by atoms with Gasteiger partial charge in [0.25, 0.3) is 0 Å². The van der Waals surface area contributed by atoms with Crippen molar-refractivity contribution in [2.75, 3.05) is 0 Å². The minimum absolute atomic E-state index is 0.378. The molecular formula is C10H13NO4S. The predicted octanol–water partition coefficient (Wildman–Crippen LogP) is 0.578. The van der Waals surface area contributed by atoms with Crippen molar-refractivity contribution >= 4 is 16.6 Å². The zero-order valence-corrected chi connectivity index (χ0v) is 9.55. The van der Waals surface area contributed by atoms with Crippen molar-refractivity contribution < 1.29 is 17.4 Å². The average molecular weight is 243 g/mol. The fourth-order valence-electron chi connectivity index (χ4n) is 1.33. The summed E-state index contributed by atoms with van der Waals surface area (Å²) in [6.45, 7) is 1.69. The lowest BCUT2D eigenvalue weighted by Gasteiger charge is -2.17. The van der Waals surface area contributed by atoms with Crippen LogP contribution >= 0.6 is 0 Å². The van der Waals surface area contributed by atoms with Crippen LogP contribution in [0.1, 0.15) is 18.4 Å². The van der Waals surface area contributed by atoms with Crippen LogP contribution in [0, 0.1) is 0 Å². The largest absolute Gasteiger partial charge is 0.333 e. The van der Waals surface area contributed by atoms with Gasteiger partial charge in [-0.3, -0.25) is 0 Å². The fourth-order valence-corrected chi connectivity index (χ4v) is 1.85. The molecule has 0 fully saturated rings. The number of nitrogens with two attached hydrogens (primary N) is 1. The van der Waals surface area contributed by atoms with Crippen molar-refractivity contribution in [2.24, 2.45) is 5.14 Å². The number of hydrogen-bond donors (Lipinski definition) is 1. The lowest BCUT2D eigenvalue weighted by Crippen LogP contribution is -2.29. The van der Waals surface area contributed by atoms with Crippen molar-refractivity contribution in [3.63, 3.8) is 0 Å². The standard InChI is InChI=1S/C10H13NO4S/c1-8(9-5-3-2-4-6-9)10(7-12)15-16(11,13)14/h2-8,10H,1H3,(H2,11,13,14). The van der Waals surface area contributed by atoms with Crippen LogP contribution in [0.25, 0.3) is 0 Å². The molecule has 2 N–H and O–H groups in total. The lowest BCUT2D eigenvalue weighted by atomic mass is 9.96. The molecule has 1 rings (SSSR count). The van der Waals surface area contributed by atoms with Crippen molar-refractivity contribution in [1.82, 2.24) is 0 Å². The minimum Gasteiger partial charge on any atom is -0.300 e. The third-order valence-corrected chi connectivity index (χ3v) is 2.69. The first-order chi connectivity index (χ1) is 7.44. The van der Waals surface area contributed by atoms with Crippen LogP contribution in [0.15, 0.2) is 30.3 Å². The van der Waals surface area contributed by atoms with Gasteiger partial charge in [0.05, 0.1) is 0 Å². The Labute approximate surface area is 94.5 Å². The van der Waals surface area contributed by atoms with Gasteiger partial charge in [0.1, 0.15) is 6.10 Å². The summed E-state index contributed by atoms with van der Waals surface area (Å²) in [6.07, 6.45) is -0.667. The second kappa shape index (κ2) is 5.20. The zero-order chi connectivity index (χ0) is 12.2. The van der Waals surface area contributed by atoms with Gasteiger partial charge in [-0.1, -0.05) is 37.3 Å². The molecule has 2 atom stereocenters. The Kier molecular flexibility index (Phi) is 4.17. The van der Waals surface area contributed by atoms with Crippen LogP contribution < -0.4 is 5.14 Å². The normalized spacial score (nSPS) is 15.4. The van der Waals surface area contributed by atoms with E-state index >= 15 is 0 Å². The molecule has 0 saturated carbocycles. The van der Waals surface area contributed by atoms with Crippen molar-refractivity contribution in [3.8, 4) is 0 Å². The molecule has 1 aromatic rings. The minimum atomic E-state index is -4.12. The molecule has 0 heterocycles. The second-order valence-electron chi connectivity index (χ2n) is 3.39. The monoisotopic (exact) mass is 243 g/mol. The van der Waals surface area contributed by atoms with E-state index in [9.17, 15) is 13.2 Å². The van der Waals surface area contributed by atoms with Crippen LogP contribution in [-0.2, 0) is 19.3 Å². The smallest absolute Gasteiger partial charge is 0.300 e. The number of aldehydes is 1. The molecule has 0 aliphatic rings. The number of benzene rings is 1. The van der Waals surface area contributed by atoms with Crippen LogP contribution in [-0.4, -0.2) is 20.8 Å². The van der Waals surface area contributed by atoms with Gasteiger partial charge in [-0.05, 0) is 5.56 Å². The van der Waals surface area contributed by atoms with Gasteiger partial charge in [-0.25, -0.2) is 9.32 Å². The summed E-state index contributed by atoms with van der Waals surface area (Å²) in [7, 11) is -4.12. The van der Waals surface area contributed by atoms with Crippen LogP contribution in [0.5, 0.6) is 0 Å². The number of rotatable bonds is 5. The maximum atomic E-state index is 10.8. The summed E-state index contributed by atoms with van der Waals surface area (Å²) >= 11 is 0. The van der Waals surface area contributed by atoms with Crippen LogP contribution in [0.3, 0.4) is 0 Å². The summed E-state index contributed by atoms with van der Waals surface area (Å²) in [6, 6.07) is 8.99. The molecule has 0 radical (unpaired) electrons. The Morgan fingerprint density at radius 2 is 1.88 bits per heavy atom. The Morgan fingerprint density at radius 3 is 2.31 bits per heavy atom. The summed E-state index contributed by atoms with van der Waals surface area (Å²) < 4.78 is 26.0. The van der Waals surface area contributed by atoms with Crippen LogP contribution in [0.2, 0.25) is 0 Å². The van der Waals surface area contributed by atoms with Crippen molar-refractivity contribution in [1.29, 1.82) is 0 Å². The highest BCUT2D eigenvalue weighted by atomic mass is 32.2. The third-order valence-electron chi connectivity index (χ3n) is 2.20. The molecule has 2 unspecified atom stereocenters. The molecule has 0 aliphatic heterocycles. The number of hydrogen-bond acceptors (Lipinski definition) is 4. The molecule has 0 amide bonds. The quantitative estimate of drug-likeness (QED) is 0.766. The summed E-state index contributed by atoms with van der Waals surface area (Å²) in [5, 5.41) is 4.72. The molecule has 88 valence electrons. The molecule has 0 spiro atoms. The number of carbonyl (C=O) groups excluding carboxylic acids is 1. The summed E-state index contributed by atoms with van der Waals surface area (Å²) in [4.78, 5) is 10.8. The van der Waals surface area contributed by atoms with E-state index in [0.717, 1.165) is 5.56 Å². The highest BCUT2D eigenvalue weighted by Crippen LogP contribution is 2.20. The first-order valence-electron chi connectivity index (χ1n) is 4.65. The van der Waals surface area contributed by atoms with E-state index in [-0.39, 0.29) is 5.92 Å². The summed E-state index contributed by atoms with van der Waals surface area (Å²) in [5.74, 6) is -0.378. The van der Waals surface area contributed by atoms with Crippen molar-refractivity contribution in [3.05, 3.63) is 35.9 Å². The highest BCUT2D eigenvalue weighted by Gasteiger charge is 2.23. The van der Waals surface area contributed by atoms with Crippen molar-refractivity contribution in [2.45, 2.75) is 18.9 Å². The molecule has 16 heavy (non-hydrogen) atoms. The van der Waals surface area contributed by atoms with Gasteiger partial charge in [0.2, 0.25) is 0 Å². The first-order valence-corrected chi connectivity index (χ1v) is 6.12. The van der Waals surface area contributed by atoms with E-state index in [2.05, 4.69) is 4.18 Å². The van der Waals surface area contributed by atoms with Gasteiger partial charge in [-0.2, -0.15) is 8.42 Å². The van der Waals surface area contributed by atoms with E-state index in [0.29, 0.717) is 6.29 Å². The van der Waals surface area contributed by atoms with Gasteiger partial charge < -0.3 is 4.79 Å². The topological polar surface area (TPSA) is 86.5 Å². The molecule has 1 aromatic carbocycles. The van der Waals surface area contributed by atoms with Gasteiger partial charge >= 0.3 is 10.3 Å². The maximum absolute atomic E-state index is 10.8. The van der Waals surface area contributed by atoms with E-state index < -0.39 is 16.4 Å². The molecule has 0 aromatic heterocycles. The fraction of sp³-hybridized carbons (Fsp3) is 0.300. The average Bonchev–Trinajstić information content (AvgIpc) is 2.25. The zero-order valence-electron chi connectivity index (χ0n) is 8.74. The maximum Gasteiger partial charge on any atom is 0.333 e. The van der Waals surface area contributed by atoms with E-state index in [4.69, 9.17) is 5.14 Å². The molecule has 0 bridgehead atoms. The third kappa shape index (κ3) is 3.73. The molecule has 6 heteroatoms. The SMILES string of the molecule is CC(c1ccccc1)C(C=O)OS(N)(=O)=O. The molecule has 0 aliphatic carbocycles. The lowest BCUT2D eigenvalue weighted by molar-refractivity contribution is -0.114. The van der Waals surface area contributed by atoms with Crippen LogP contribution in [0.4, 0.5) is 0 Å². The van der Waals surface area contributed by atoms with Gasteiger partial charge in [0, 0.05) is 5.92 Å². The van der Waals surface area contributed by atoms with E-state index in [1.54, 1.807) is 31.2 Å². The molecule has 0 saturated heterocycles. The molecule has 5 nitrogen and oxygen atoms in total. The van der Waals surface area contributed by atoms with Gasteiger partial charge in [-0.15, -0.1) is 0 Å². The Balaban J connectivity index is 2.86.